The van der Waals surface area contributed by atoms with E-state index in [1.165, 1.54) is 0 Å². The monoisotopic (exact) mass is 255 g/mol. The molecule has 3 rings (SSSR count). The number of nitrogens with zero attached hydrogens (tertiary/aromatic N) is 4. The minimum absolute atomic E-state index is 0.128. The molecule has 19 heavy (non-hydrogen) atoms. The van der Waals surface area contributed by atoms with Gasteiger partial charge in [0.2, 0.25) is 0 Å². The second-order valence-corrected chi connectivity index (χ2v) is 4.85. The number of rotatable bonds is 3. The highest BCUT2D eigenvalue weighted by atomic mass is 15.1. The van der Waals surface area contributed by atoms with Crippen LogP contribution >= 0.6 is 0 Å². The number of aromatic nitrogens is 4. The van der Waals surface area contributed by atoms with E-state index in [2.05, 4.69) is 20.6 Å². The first-order valence-electron chi connectivity index (χ1n) is 6.29. The largest absolute Gasteiger partial charge is 0.340 e. The predicted molar refractivity (Wildman–Crippen MR) is 74.6 cm³/mol. The Labute approximate surface area is 111 Å². The summed E-state index contributed by atoms with van der Waals surface area (Å²) in [6.07, 6.45) is 4.40. The Bertz CT molecular complexity index is 710. The average molecular weight is 255 g/mol. The minimum Gasteiger partial charge on any atom is -0.340 e. The van der Waals surface area contributed by atoms with Crippen molar-refractivity contribution in [1.82, 2.24) is 19.1 Å². The molecule has 1 atom stereocenters. The zero-order valence-corrected chi connectivity index (χ0v) is 11.1. The van der Waals surface area contributed by atoms with Gasteiger partial charge in [0.05, 0.1) is 29.1 Å². The lowest BCUT2D eigenvalue weighted by Gasteiger charge is -2.08. The van der Waals surface area contributed by atoms with Crippen LogP contribution in [0.25, 0.3) is 11.0 Å². The summed E-state index contributed by atoms with van der Waals surface area (Å²) in [6, 6.07) is 7.98. The van der Waals surface area contributed by atoms with Crippen molar-refractivity contribution in [3.63, 3.8) is 0 Å². The summed E-state index contributed by atoms with van der Waals surface area (Å²) < 4.78 is 4.00. The third kappa shape index (κ3) is 2.13. The van der Waals surface area contributed by atoms with Gasteiger partial charge in [0, 0.05) is 26.7 Å². The maximum atomic E-state index is 6.20. The second-order valence-electron chi connectivity index (χ2n) is 4.85. The van der Waals surface area contributed by atoms with Crippen molar-refractivity contribution in [3.05, 3.63) is 48.3 Å². The first-order valence-corrected chi connectivity index (χ1v) is 6.29. The highest BCUT2D eigenvalue weighted by Crippen LogP contribution is 2.18. The maximum absolute atomic E-state index is 6.20. The van der Waals surface area contributed by atoms with E-state index in [-0.39, 0.29) is 6.04 Å². The molecule has 0 aliphatic heterocycles. The van der Waals surface area contributed by atoms with E-state index in [1.54, 1.807) is 6.33 Å². The topological polar surface area (TPSA) is 61.7 Å². The van der Waals surface area contributed by atoms with Crippen molar-refractivity contribution < 1.29 is 0 Å². The van der Waals surface area contributed by atoms with Gasteiger partial charge in [0.1, 0.15) is 5.82 Å². The summed E-state index contributed by atoms with van der Waals surface area (Å²) in [5, 5.41) is 0. The summed E-state index contributed by atoms with van der Waals surface area (Å²) in [6.45, 7) is 0. The second kappa shape index (κ2) is 4.51. The van der Waals surface area contributed by atoms with Crippen LogP contribution in [0, 0.1) is 0 Å². The van der Waals surface area contributed by atoms with Crippen molar-refractivity contribution >= 4 is 11.0 Å². The molecule has 0 saturated carbocycles. The Hall–Kier alpha value is -2.14. The van der Waals surface area contributed by atoms with E-state index in [1.807, 2.05) is 43.1 Å². The van der Waals surface area contributed by atoms with Crippen molar-refractivity contribution in [2.75, 3.05) is 0 Å². The van der Waals surface area contributed by atoms with Crippen LogP contribution in [0.4, 0.5) is 0 Å². The minimum atomic E-state index is -0.128. The predicted octanol–water partition coefficient (Wildman–Crippen LogP) is 1.55. The van der Waals surface area contributed by atoms with Crippen molar-refractivity contribution in [1.29, 1.82) is 0 Å². The Morgan fingerprint density at radius 3 is 2.74 bits per heavy atom. The average Bonchev–Trinajstić information content (AvgIpc) is 2.96. The van der Waals surface area contributed by atoms with Crippen LogP contribution in [0.5, 0.6) is 0 Å². The highest BCUT2D eigenvalue weighted by molar-refractivity contribution is 5.75. The molecule has 0 aliphatic rings. The molecule has 0 bridgehead atoms. The van der Waals surface area contributed by atoms with Gasteiger partial charge in [-0.3, -0.25) is 0 Å². The molecule has 0 fully saturated rings. The van der Waals surface area contributed by atoms with E-state index in [0.29, 0.717) is 6.42 Å². The number of imidazole rings is 2. The molecule has 5 heteroatoms. The molecule has 1 unspecified atom stereocenters. The van der Waals surface area contributed by atoms with E-state index in [0.717, 1.165) is 22.6 Å². The van der Waals surface area contributed by atoms with E-state index in [9.17, 15) is 0 Å². The summed E-state index contributed by atoms with van der Waals surface area (Å²) >= 11 is 0. The highest BCUT2D eigenvalue weighted by Gasteiger charge is 2.14. The third-order valence-corrected chi connectivity index (χ3v) is 3.39. The Morgan fingerprint density at radius 1 is 1.26 bits per heavy atom. The molecule has 5 nitrogen and oxygen atoms in total. The van der Waals surface area contributed by atoms with Gasteiger partial charge in [0.15, 0.2) is 0 Å². The molecule has 2 aromatic heterocycles. The molecule has 1 aromatic carbocycles. The van der Waals surface area contributed by atoms with E-state index in [4.69, 9.17) is 5.73 Å². The van der Waals surface area contributed by atoms with Crippen LogP contribution in [0.15, 0.2) is 36.8 Å². The molecule has 0 saturated heterocycles. The van der Waals surface area contributed by atoms with Crippen molar-refractivity contribution in [2.24, 2.45) is 19.8 Å². The fraction of sp³-hybridized carbons (Fsp3) is 0.286. The SMILES string of the molecule is Cn1cnc(C(N)Cc2nc3ccccc3n2C)c1. The smallest absolute Gasteiger partial charge is 0.111 e. The van der Waals surface area contributed by atoms with Crippen LogP contribution in [-0.2, 0) is 20.5 Å². The lowest BCUT2D eigenvalue weighted by molar-refractivity contribution is 0.650. The molecule has 0 spiro atoms. The Kier molecular flexibility index (Phi) is 2.83. The molecule has 0 radical (unpaired) electrons. The first-order chi connectivity index (χ1) is 9.15. The van der Waals surface area contributed by atoms with Gasteiger partial charge >= 0.3 is 0 Å². The van der Waals surface area contributed by atoms with Crippen LogP contribution in [0.3, 0.4) is 0 Å². The zero-order chi connectivity index (χ0) is 13.4. The summed E-state index contributed by atoms with van der Waals surface area (Å²) in [5.41, 5.74) is 9.24. The van der Waals surface area contributed by atoms with Crippen molar-refractivity contribution in [3.8, 4) is 0 Å². The quantitative estimate of drug-likeness (QED) is 0.772. The van der Waals surface area contributed by atoms with Crippen LogP contribution in [0.1, 0.15) is 17.6 Å². The van der Waals surface area contributed by atoms with Gasteiger partial charge < -0.3 is 14.9 Å². The number of nitrogens with two attached hydrogens (primary N) is 1. The van der Waals surface area contributed by atoms with Gasteiger partial charge in [-0.25, -0.2) is 9.97 Å². The lowest BCUT2D eigenvalue weighted by atomic mass is 10.1. The molecule has 0 aliphatic carbocycles. The number of para-hydroxylation sites is 2. The first kappa shape index (κ1) is 11.9. The molecule has 0 amide bonds. The summed E-state index contributed by atoms with van der Waals surface area (Å²) in [7, 11) is 3.97. The third-order valence-electron chi connectivity index (χ3n) is 3.39. The van der Waals surface area contributed by atoms with Gasteiger partial charge in [-0.2, -0.15) is 0 Å². The number of hydrogen-bond acceptors (Lipinski definition) is 3. The zero-order valence-electron chi connectivity index (χ0n) is 11.1. The number of aryl methyl sites for hydroxylation is 2. The summed E-state index contributed by atoms with van der Waals surface area (Å²) in [5.74, 6) is 0.986. The number of fused-ring (bicyclic) bond motifs is 1. The van der Waals surface area contributed by atoms with Crippen LogP contribution in [-0.4, -0.2) is 19.1 Å². The lowest BCUT2D eigenvalue weighted by Crippen LogP contribution is -2.16. The molecule has 98 valence electrons. The van der Waals surface area contributed by atoms with E-state index >= 15 is 0 Å². The maximum Gasteiger partial charge on any atom is 0.111 e. The fourth-order valence-electron chi connectivity index (χ4n) is 2.30. The summed E-state index contributed by atoms with van der Waals surface area (Å²) in [4.78, 5) is 8.93. The molecule has 2 N–H and O–H groups in total. The van der Waals surface area contributed by atoms with Gasteiger partial charge in [-0.15, -0.1) is 0 Å². The van der Waals surface area contributed by atoms with Gasteiger partial charge in [-0.1, -0.05) is 12.1 Å². The number of benzene rings is 1. The molecule has 2 heterocycles. The molecular weight excluding hydrogens is 238 g/mol. The van der Waals surface area contributed by atoms with Crippen LogP contribution < -0.4 is 5.73 Å². The van der Waals surface area contributed by atoms with E-state index < -0.39 is 0 Å². The molecule has 3 aromatic rings. The van der Waals surface area contributed by atoms with Crippen molar-refractivity contribution in [2.45, 2.75) is 12.5 Å². The van der Waals surface area contributed by atoms with Crippen LogP contribution in [0.2, 0.25) is 0 Å². The van der Waals surface area contributed by atoms with Gasteiger partial charge in [-0.05, 0) is 12.1 Å². The van der Waals surface area contributed by atoms with Gasteiger partial charge in [0.25, 0.3) is 0 Å². The standard InChI is InChI=1S/C14H17N5/c1-18-8-12(16-9-18)10(15)7-14-17-11-5-3-4-6-13(11)19(14)2/h3-6,8-10H,7,15H2,1-2H3. The Balaban J connectivity index is 1.91. The normalized spacial score (nSPS) is 13.0. The fourth-order valence-corrected chi connectivity index (χ4v) is 2.30. The number of hydrogen-bond donors (Lipinski definition) is 1. The molecular formula is C14H17N5. The Morgan fingerprint density at radius 2 is 2.05 bits per heavy atom.